The van der Waals surface area contributed by atoms with Crippen LogP contribution in [0.5, 0.6) is 0 Å². The fraction of sp³-hybridized carbons (Fsp3) is 0.500. The number of carboxylic acid groups (broad SMARTS) is 1. The minimum absolute atomic E-state index is 0.295. The zero-order chi connectivity index (χ0) is 15.0. The highest BCUT2D eigenvalue weighted by Gasteiger charge is 2.25. The van der Waals surface area contributed by atoms with E-state index in [1.807, 2.05) is 30.3 Å². The Kier molecular flexibility index (Phi) is 6.77. The Labute approximate surface area is 119 Å². The van der Waals surface area contributed by atoms with Crippen LogP contribution in [-0.4, -0.2) is 23.7 Å². The van der Waals surface area contributed by atoms with E-state index in [0.29, 0.717) is 19.4 Å². The number of esters is 1. The molecule has 4 heteroatoms. The Hall–Kier alpha value is -1.84. The highest BCUT2D eigenvalue weighted by Crippen LogP contribution is 2.20. The van der Waals surface area contributed by atoms with Crippen LogP contribution in [-0.2, 0) is 20.7 Å². The maximum absolute atomic E-state index is 11.9. The van der Waals surface area contributed by atoms with Crippen LogP contribution in [0.3, 0.4) is 0 Å². The number of carboxylic acids is 1. The van der Waals surface area contributed by atoms with Crippen molar-refractivity contribution in [1.82, 2.24) is 0 Å². The molecular weight excluding hydrogens is 256 g/mol. The summed E-state index contributed by atoms with van der Waals surface area (Å²) < 4.78 is 5.04. The second kappa shape index (κ2) is 8.35. The first-order valence-electron chi connectivity index (χ1n) is 6.98. The van der Waals surface area contributed by atoms with Gasteiger partial charge in [0.25, 0.3) is 0 Å². The van der Waals surface area contributed by atoms with Crippen molar-refractivity contribution >= 4 is 11.9 Å². The number of aryl methyl sites for hydroxylation is 1. The average Bonchev–Trinajstić information content (AvgIpc) is 2.44. The molecule has 20 heavy (non-hydrogen) atoms. The summed E-state index contributed by atoms with van der Waals surface area (Å²) in [6, 6.07) is 9.85. The van der Waals surface area contributed by atoms with E-state index in [0.717, 1.165) is 12.0 Å². The third-order valence-electron chi connectivity index (χ3n) is 3.30. The topological polar surface area (TPSA) is 63.6 Å². The molecule has 0 saturated carbocycles. The van der Waals surface area contributed by atoms with Crippen LogP contribution in [0.15, 0.2) is 30.3 Å². The summed E-state index contributed by atoms with van der Waals surface area (Å²) in [5.41, 5.74) is 1.14. The lowest BCUT2D eigenvalue weighted by Gasteiger charge is -2.17. The molecule has 0 bridgehead atoms. The number of benzene rings is 1. The SMILES string of the molecule is CCOC(=O)[C@H](CCc1ccccc1)C[C@@H](C)C(=O)O. The average molecular weight is 278 g/mol. The van der Waals surface area contributed by atoms with Gasteiger partial charge in [-0.15, -0.1) is 0 Å². The van der Waals surface area contributed by atoms with Gasteiger partial charge in [-0.2, -0.15) is 0 Å². The number of hydrogen-bond acceptors (Lipinski definition) is 3. The summed E-state index contributed by atoms with van der Waals surface area (Å²) in [6.07, 6.45) is 1.68. The maximum Gasteiger partial charge on any atom is 0.308 e. The van der Waals surface area contributed by atoms with E-state index < -0.39 is 11.9 Å². The van der Waals surface area contributed by atoms with E-state index in [-0.39, 0.29) is 11.9 Å². The van der Waals surface area contributed by atoms with E-state index in [2.05, 4.69) is 0 Å². The van der Waals surface area contributed by atoms with E-state index in [4.69, 9.17) is 9.84 Å². The molecule has 0 aliphatic rings. The monoisotopic (exact) mass is 278 g/mol. The van der Waals surface area contributed by atoms with Crippen LogP contribution in [0.25, 0.3) is 0 Å². The highest BCUT2D eigenvalue weighted by atomic mass is 16.5. The fourth-order valence-electron chi connectivity index (χ4n) is 2.11. The number of carbonyl (C=O) groups excluding carboxylic acids is 1. The van der Waals surface area contributed by atoms with E-state index in [1.54, 1.807) is 13.8 Å². The summed E-state index contributed by atoms with van der Waals surface area (Å²) in [6.45, 7) is 3.70. The van der Waals surface area contributed by atoms with Crippen molar-refractivity contribution in [2.75, 3.05) is 6.61 Å². The maximum atomic E-state index is 11.9. The van der Waals surface area contributed by atoms with Gasteiger partial charge in [0.05, 0.1) is 18.4 Å². The summed E-state index contributed by atoms with van der Waals surface area (Å²) >= 11 is 0. The molecular formula is C16H22O4. The predicted molar refractivity (Wildman–Crippen MR) is 76.3 cm³/mol. The fourth-order valence-corrected chi connectivity index (χ4v) is 2.11. The standard InChI is InChI=1S/C16H22O4/c1-3-20-16(19)14(11-12(2)15(17)18)10-9-13-7-5-4-6-8-13/h4-8,12,14H,3,9-11H2,1-2H3,(H,17,18)/t12-,14-/m1/s1. The second-order valence-corrected chi connectivity index (χ2v) is 4.95. The molecule has 0 amide bonds. The number of hydrogen-bond donors (Lipinski definition) is 1. The Morgan fingerprint density at radius 1 is 1.25 bits per heavy atom. The third kappa shape index (κ3) is 5.43. The number of rotatable bonds is 8. The van der Waals surface area contributed by atoms with Crippen molar-refractivity contribution < 1.29 is 19.4 Å². The van der Waals surface area contributed by atoms with Crippen LogP contribution < -0.4 is 0 Å². The molecule has 0 saturated heterocycles. The third-order valence-corrected chi connectivity index (χ3v) is 3.30. The quantitative estimate of drug-likeness (QED) is 0.743. The first-order chi connectivity index (χ1) is 9.54. The zero-order valence-electron chi connectivity index (χ0n) is 12.0. The molecule has 0 aliphatic carbocycles. The molecule has 4 nitrogen and oxygen atoms in total. The van der Waals surface area contributed by atoms with Crippen molar-refractivity contribution in [3.05, 3.63) is 35.9 Å². The molecule has 0 fully saturated rings. The summed E-state index contributed by atoms with van der Waals surface area (Å²) in [4.78, 5) is 22.8. The minimum Gasteiger partial charge on any atom is -0.481 e. The second-order valence-electron chi connectivity index (χ2n) is 4.95. The molecule has 1 aromatic carbocycles. The van der Waals surface area contributed by atoms with Crippen molar-refractivity contribution in [2.24, 2.45) is 11.8 Å². The first-order valence-corrected chi connectivity index (χ1v) is 6.98. The lowest BCUT2D eigenvalue weighted by Crippen LogP contribution is -2.23. The van der Waals surface area contributed by atoms with E-state index >= 15 is 0 Å². The molecule has 1 N–H and O–H groups in total. The van der Waals surface area contributed by atoms with Crippen molar-refractivity contribution in [3.63, 3.8) is 0 Å². The van der Waals surface area contributed by atoms with Crippen molar-refractivity contribution in [1.29, 1.82) is 0 Å². The van der Waals surface area contributed by atoms with Gasteiger partial charge in [0.2, 0.25) is 0 Å². The van der Waals surface area contributed by atoms with Crippen LogP contribution in [0.1, 0.15) is 32.3 Å². The van der Waals surface area contributed by atoms with Crippen LogP contribution >= 0.6 is 0 Å². The largest absolute Gasteiger partial charge is 0.481 e. The Balaban J connectivity index is 2.62. The van der Waals surface area contributed by atoms with Gasteiger partial charge in [0, 0.05) is 0 Å². The van der Waals surface area contributed by atoms with Gasteiger partial charge < -0.3 is 9.84 Å². The van der Waals surface area contributed by atoms with Crippen LogP contribution in [0.4, 0.5) is 0 Å². The predicted octanol–water partition coefficient (Wildman–Crippen LogP) is 2.91. The molecule has 0 heterocycles. The Morgan fingerprint density at radius 2 is 1.90 bits per heavy atom. The van der Waals surface area contributed by atoms with Crippen LogP contribution in [0.2, 0.25) is 0 Å². The van der Waals surface area contributed by atoms with Gasteiger partial charge in [-0.1, -0.05) is 37.3 Å². The van der Waals surface area contributed by atoms with Gasteiger partial charge in [0.1, 0.15) is 0 Å². The molecule has 2 atom stereocenters. The van der Waals surface area contributed by atoms with Gasteiger partial charge in [0.15, 0.2) is 0 Å². The lowest BCUT2D eigenvalue weighted by molar-refractivity contribution is -0.150. The lowest BCUT2D eigenvalue weighted by atomic mass is 9.90. The summed E-state index contributed by atoms with van der Waals surface area (Å²) in [5, 5.41) is 8.98. The van der Waals surface area contributed by atoms with Crippen molar-refractivity contribution in [3.8, 4) is 0 Å². The van der Waals surface area contributed by atoms with Gasteiger partial charge >= 0.3 is 11.9 Å². The molecule has 0 spiro atoms. The molecule has 0 radical (unpaired) electrons. The highest BCUT2D eigenvalue weighted by molar-refractivity contribution is 5.74. The summed E-state index contributed by atoms with van der Waals surface area (Å²) in [5.74, 6) is -2.07. The molecule has 110 valence electrons. The molecule has 1 rings (SSSR count). The number of carbonyl (C=O) groups is 2. The van der Waals surface area contributed by atoms with Crippen LogP contribution in [0, 0.1) is 11.8 Å². The Bertz CT molecular complexity index is 427. The Morgan fingerprint density at radius 3 is 2.45 bits per heavy atom. The van der Waals surface area contributed by atoms with E-state index in [9.17, 15) is 9.59 Å². The minimum atomic E-state index is -0.876. The zero-order valence-corrected chi connectivity index (χ0v) is 12.0. The van der Waals surface area contributed by atoms with E-state index in [1.165, 1.54) is 0 Å². The smallest absolute Gasteiger partial charge is 0.308 e. The number of aliphatic carboxylic acids is 1. The molecule has 1 aromatic rings. The van der Waals surface area contributed by atoms with Crippen molar-refractivity contribution in [2.45, 2.75) is 33.1 Å². The normalized spacial score (nSPS) is 13.5. The number of ether oxygens (including phenoxy) is 1. The van der Waals surface area contributed by atoms with Gasteiger partial charge in [-0.3, -0.25) is 9.59 Å². The molecule has 0 aliphatic heterocycles. The molecule has 0 aromatic heterocycles. The van der Waals surface area contributed by atoms with Gasteiger partial charge in [-0.25, -0.2) is 0 Å². The summed E-state index contributed by atoms with van der Waals surface area (Å²) in [7, 11) is 0. The molecule has 0 unspecified atom stereocenters. The van der Waals surface area contributed by atoms with Gasteiger partial charge in [-0.05, 0) is 31.7 Å². The first kappa shape index (κ1) is 16.2.